The molecule has 2 aromatic carbocycles. The first kappa shape index (κ1) is 20.2. The third-order valence-corrected chi connectivity index (χ3v) is 5.85. The molecule has 1 aliphatic heterocycles. The summed E-state index contributed by atoms with van der Waals surface area (Å²) in [5, 5.41) is 4.30. The van der Waals surface area contributed by atoms with E-state index in [-0.39, 0.29) is 11.9 Å². The second-order valence-electron chi connectivity index (χ2n) is 7.05. The number of hydrogen-bond donors (Lipinski definition) is 2. The lowest BCUT2D eigenvalue weighted by atomic mass is 9.81. The van der Waals surface area contributed by atoms with Gasteiger partial charge in [0.25, 0.3) is 0 Å². The van der Waals surface area contributed by atoms with E-state index in [1.54, 1.807) is 0 Å². The summed E-state index contributed by atoms with van der Waals surface area (Å²) in [4.78, 5) is 15.6. The lowest BCUT2D eigenvalue weighted by Crippen LogP contribution is -2.57. The predicted molar refractivity (Wildman–Crippen MR) is 112 cm³/mol. The minimum Gasteiger partial charge on any atom is -0.329 e. The van der Waals surface area contributed by atoms with Gasteiger partial charge in [-0.05, 0) is 43.2 Å². The standard InChI is InChI=1S/C21H25Cl2N3O/c1-3-14(2)26(10-9-24)21(13-15-5-4-6-16(22)11-15)18-8-7-17(23)12-19(18)25-20(21)27/h4-8,11-12,14H,3,9-10,13,24H2,1-2H3,(H,25,27). The van der Waals surface area contributed by atoms with Gasteiger partial charge in [0.1, 0.15) is 5.54 Å². The molecule has 2 unspecified atom stereocenters. The minimum absolute atomic E-state index is 0.0477. The van der Waals surface area contributed by atoms with Crippen molar-refractivity contribution in [3.63, 3.8) is 0 Å². The number of rotatable bonds is 7. The van der Waals surface area contributed by atoms with Crippen molar-refractivity contribution >= 4 is 34.8 Å². The second-order valence-corrected chi connectivity index (χ2v) is 7.92. The Labute approximate surface area is 170 Å². The predicted octanol–water partition coefficient (Wildman–Crippen LogP) is 4.44. The molecule has 1 amide bonds. The minimum atomic E-state index is -0.848. The van der Waals surface area contributed by atoms with Gasteiger partial charge in [0, 0.05) is 46.8 Å². The maximum absolute atomic E-state index is 13.4. The van der Waals surface area contributed by atoms with Crippen LogP contribution >= 0.6 is 23.2 Å². The van der Waals surface area contributed by atoms with Crippen molar-refractivity contribution in [1.82, 2.24) is 4.90 Å². The normalized spacial score (nSPS) is 19.9. The number of anilines is 1. The molecule has 4 nitrogen and oxygen atoms in total. The Morgan fingerprint density at radius 2 is 1.93 bits per heavy atom. The van der Waals surface area contributed by atoms with Crippen LogP contribution in [-0.2, 0) is 16.8 Å². The average Bonchev–Trinajstić information content (AvgIpc) is 2.90. The van der Waals surface area contributed by atoms with Gasteiger partial charge in [-0.3, -0.25) is 9.69 Å². The molecule has 3 N–H and O–H groups in total. The topological polar surface area (TPSA) is 58.4 Å². The number of carbonyl (C=O) groups is 1. The van der Waals surface area contributed by atoms with Gasteiger partial charge >= 0.3 is 0 Å². The molecular weight excluding hydrogens is 381 g/mol. The number of hydrogen-bond acceptors (Lipinski definition) is 3. The number of fused-ring (bicyclic) bond motifs is 1. The number of benzene rings is 2. The Kier molecular flexibility index (Phi) is 6.11. The van der Waals surface area contributed by atoms with Gasteiger partial charge in [0.05, 0.1) is 0 Å². The summed E-state index contributed by atoms with van der Waals surface area (Å²) >= 11 is 12.4. The van der Waals surface area contributed by atoms with E-state index >= 15 is 0 Å². The summed E-state index contributed by atoms with van der Waals surface area (Å²) < 4.78 is 0. The Bertz CT molecular complexity index is 842. The molecule has 0 saturated carbocycles. The van der Waals surface area contributed by atoms with Crippen molar-refractivity contribution in [2.45, 2.75) is 38.3 Å². The quantitative estimate of drug-likeness (QED) is 0.715. The Hall–Kier alpha value is -1.59. The summed E-state index contributed by atoms with van der Waals surface area (Å²) in [6, 6.07) is 13.5. The summed E-state index contributed by atoms with van der Waals surface area (Å²) in [6.45, 7) is 5.34. The number of nitrogens with zero attached hydrogens (tertiary/aromatic N) is 1. The number of nitrogens with one attached hydrogen (secondary N) is 1. The molecule has 27 heavy (non-hydrogen) atoms. The fraction of sp³-hybridized carbons (Fsp3) is 0.381. The van der Waals surface area contributed by atoms with Crippen LogP contribution in [0.25, 0.3) is 0 Å². The first-order valence-corrected chi connectivity index (χ1v) is 10.0. The van der Waals surface area contributed by atoms with E-state index in [0.29, 0.717) is 29.6 Å². The molecule has 0 spiro atoms. The van der Waals surface area contributed by atoms with Gasteiger partial charge in [-0.15, -0.1) is 0 Å². The highest BCUT2D eigenvalue weighted by Crippen LogP contribution is 2.45. The van der Waals surface area contributed by atoms with Gasteiger partial charge in [-0.1, -0.05) is 48.3 Å². The van der Waals surface area contributed by atoms with E-state index < -0.39 is 5.54 Å². The van der Waals surface area contributed by atoms with E-state index in [0.717, 1.165) is 23.2 Å². The molecule has 0 radical (unpaired) electrons. The monoisotopic (exact) mass is 405 g/mol. The van der Waals surface area contributed by atoms with Crippen LogP contribution in [0, 0.1) is 0 Å². The maximum atomic E-state index is 13.4. The van der Waals surface area contributed by atoms with Crippen molar-refractivity contribution in [2.75, 3.05) is 18.4 Å². The van der Waals surface area contributed by atoms with Crippen LogP contribution in [0.1, 0.15) is 31.4 Å². The molecule has 0 fully saturated rings. The molecule has 6 heteroatoms. The van der Waals surface area contributed by atoms with Gasteiger partial charge in [-0.25, -0.2) is 0 Å². The molecule has 0 bridgehead atoms. The van der Waals surface area contributed by atoms with Crippen LogP contribution in [0.15, 0.2) is 42.5 Å². The van der Waals surface area contributed by atoms with Crippen LogP contribution in [0.3, 0.4) is 0 Å². The molecule has 2 aromatic rings. The third-order valence-electron chi connectivity index (χ3n) is 5.38. The summed E-state index contributed by atoms with van der Waals surface area (Å²) in [5.74, 6) is -0.0477. The number of halogens is 2. The molecule has 0 aliphatic carbocycles. The Balaban J connectivity index is 2.19. The SMILES string of the molecule is CCC(C)N(CCN)C1(Cc2cccc(Cl)c2)C(=O)Nc2cc(Cl)ccc21. The van der Waals surface area contributed by atoms with Crippen LogP contribution < -0.4 is 11.1 Å². The number of carbonyl (C=O) groups excluding carboxylic acids is 1. The highest BCUT2D eigenvalue weighted by Gasteiger charge is 2.52. The molecule has 0 saturated heterocycles. The van der Waals surface area contributed by atoms with Gasteiger partial charge in [-0.2, -0.15) is 0 Å². The second kappa shape index (κ2) is 8.19. The number of amides is 1. The average molecular weight is 406 g/mol. The molecule has 3 rings (SSSR count). The lowest BCUT2D eigenvalue weighted by molar-refractivity contribution is -0.129. The molecular formula is C21H25Cl2N3O. The zero-order valence-corrected chi connectivity index (χ0v) is 17.1. The zero-order valence-electron chi connectivity index (χ0n) is 15.6. The maximum Gasteiger partial charge on any atom is 0.249 e. The Morgan fingerprint density at radius 1 is 1.19 bits per heavy atom. The van der Waals surface area contributed by atoms with Gasteiger partial charge < -0.3 is 11.1 Å². The van der Waals surface area contributed by atoms with Crippen LogP contribution in [0.2, 0.25) is 10.0 Å². The largest absolute Gasteiger partial charge is 0.329 e. The zero-order chi connectivity index (χ0) is 19.6. The highest BCUT2D eigenvalue weighted by atomic mass is 35.5. The van der Waals surface area contributed by atoms with Crippen LogP contribution in [-0.4, -0.2) is 29.9 Å². The highest BCUT2D eigenvalue weighted by molar-refractivity contribution is 6.31. The van der Waals surface area contributed by atoms with E-state index in [9.17, 15) is 4.79 Å². The lowest BCUT2D eigenvalue weighted by Gasteiger charge is -2.43. The summed E-state index contributed by atoms with van der Waals surface area (Å²) in [5.41, 5.74) is 7.80. The molecule has 144 valence electrons. The van der Waals surface area contributed by atoms with Gasteiger partial charge in [0.15, 0.2) is 0 Å². The van der Waals surface area contributed by atoms with E-state index in [2.05, 4.69) is 24.1 Å². The van der Waals surface area contributed by atoms with E-state index in [4.69, 9.17) is 28.9 Å². The van der Waals surface area contributed by atoms with Crippen molar-refractivity contribution < 1.29 is 4.79 Å². The van der Waals surface area contributed by atoms with Gasteiger partial charge in [0.2, 0.25) is 5.91 Å². The van der Waals surface area contributed by atoms with Crippen molar-refractivity contribution in [2.24, 2.45) is 5.73 Å². The fourth-order valence-electron chi connectivity index (χ4n) is 3.98. The van der Waals surface area contributed by atoms with Crippen LogP contribution in [0.5, 0.6) is 0 Å². The van der Waals surface area contributed by atoms with Crippen molar-refractivity contribution in [3.05, 3.63) is 63.6 Å². The smallest absolute Gasteiger partial charge is 0.249 e. The van der Waals surface area contributed by atoms with Crippen LogP contribution in [0.4, 0.5) is 5.69 Å². The van der Waals surface area contributed by atoms with Crippen molar-refractivity contribution in [3.8, 4) is 0 Å². The number of nitrogens with two attached hydrogens (primary N) is 1. The molecule has 2 atom stereocenters. The summed E-state index contributed by atoms with van der Waals surface area (Å²) in [7, 11) is 0. The fourth-order valence-corrected chi connectivity index (χ4v) is 4.37. The molecule has 1 heterocycles. The third kappa shape index (κ3) is 3.72. The summed E-state index contributed by atoms with van der Waals surface area (Å²) in [6.07, 6.45) is 1.42. The van der Waals surface area contributed by atoms with Crippen molar-refractivity contribution in [1.29, 1.82) is 0 Å². The molecule has 0 aromatic heterocycles. The molecule has 1 aliphatic rings. The first-order valence-electron chi connectivity index (χ1n) is 9.25. The van der Waals surface area contributed by atoms with E-state index in [1.807, 2.05) is 42.5 Å². The Morgan fingerprint density at radius 3 is 2.59 bits per heavy atom. The van der Waals surface area contributed by atoms with E-state index in [1.165, 1.54) is 0 Å². The first-order chi connectivity index (χ1) is 12.9.